The molecule has 1 aromatic carbocycles. The second-order valence-electron chi connectivity index (χ2n) is 3.81. The normalized spacial score (nSPS) is 10.4. The van der Waals surface area contributed by atoms with E-state index in [0.29, 0.717) is 16.8 Å². The molecule has 0 saturated heterocycles. The molecule has 106 valence electrons. The van der Waals surface area contributed by atoms with Gasteiger partial charge in [0.15, 0.2) is 0 Å². The van der Waals surface area contributed by atoms with E-state index in [1.807, 2.05) is 6.92 Å². The molecule has 1 aromatic heterocycles. The Labute approximate surface area is 128 Å². The number of ether oxygens (including phenoxy) is 1. The average molecular weight is 362 g/mol. The number of nitrogens with one attached hydrogen (secondary N) is 1. The number of rotatable bonds is 5. The number of hydrogen-bond donors (Lipinski definition) is 1. The first-order valence-electron chi connectivity index (χ1n) is 5.85. The molecule has 2 aromatic rings. The van der Waals surface area contributed by atoms with Crippen LogP contribution in [0.15, 0.2) is 22.7 Å². The van der Waals surface area contributed by atoms with E-state index in [2.05, 4.69) is 36.2 Å². The Morgan fingerprint density at radius 2 is 2.15 bits per heavy atom. The minimum atomic E-state index is -0.351. The maximum Gasteiger partial charge on any atom is 0.322 e. The Morgan fingerprint density at radius 3 is 2.85 bits per heavy atom. The van der Waals surface area contributed by atoms with Crippen molar-refractivity contribution in [3.05, 3.63) is 33.8 Å². The first kappa shape index (κ1) is 14.9. The van der Waals surface area contributed by atoms with Crippen molar-refractivity contribution in [3.8, 4) is 6.01 Å². The van der Waals surface area contributed by atoms with Crippen molar-refractivity contribution in [3.63, 3.8) is 0 Å². The highest BCUT2D eigenvalue weighted by molar-refractivity contribution is 9.10. The first-order chi connectivity index (χ1) is 9.58. The van der Waals surface area contributed by atoms with E-state index in [4.69, 9.17) is 16.3 Å². The molecule has 1 heterocycles. The second kappa shape index (κ2) is 6.81. The van der Waals surface area contributed by atoms with Crippen molar-refractivity contribution in [2.24, 2.45) is 0 Å². The van der Waals surface area contributed by atoms with E-state index >= 15 is 0 Å². The third-order valence-electron chi connectivity index (χ3n) is 2.20. The summed E-state index contributed by atoms with van der Waals surface area (Å²) in [6, 6.07) is 4.60. The van der Waals surface area contributed by atoms with E-state index in [1.54, 1.807) is 12.1 Å². The molecule has 5 nitrogen and oxygen atoms in total. The topological polar surface area (TPSA) is 59.9 Å². The van der Waals surface area contributed by atoms with Crippen LogP contribution in [0.3, 0.4) is 0 Å². The summed E-state index contributed by atoms with van der Waals surface area (Å²) in [4.78, 5) is 11.9. The Balaban J connectivity index is 2.19. The molecule has 0 bridgehead atoms. The van der Waals surface area contributed by atoms with E-state index in [9.17, 15) is 4.39 Å². The lowest BCUT2D eigenvalue weighted by atomic mass is 10.3. The van der Waals surface area contributed by atoms with Gasteiger partial charge in [-0.2, -0.15) is 15.0 Å². The minimum absolute atomic E-state index is 0.0229. The van der Waals surface area contributed by atoms with Crippen molar-refractivity contribution in [2.45, 2.75) is 13.3 Å². The molecule has 0 fully saturated rings. The molecule has 0 aliphatic rings. The third-order valence-corrected chi connectivity index (χ3v) is 2.98. The SMILES string of the molecule is CCCOc1nc(Cl)nc(Nc2ccc(F)c(Br)c2)n1. The summed E-state index contributed by atoms with van der Waals surface area (Å²) in [5.41, 5.74) is 0.613. The minimum Gasteiger partial charge on any atom is -0.463 e. The van der Waals surface area contributed by atoms with Crippen LogP contribution in [0.2, 0.25) is 5.28 Å². The van der Waals surface area contributed by atoms with Crippen LogP contribution in [0.4, 0.5) is 16.0 Å². The largest absolute Gasteiger partial charge is 0.463 e. The lowest BCUT2D eigenvalue weighted by Crippen LogP contribution is -2.05. The van der Waals surface area contributed by atoms with E-state index < -0.39 is 0 Å². The Bertz CT molecular complexity index is 614. The van der Waals surface area contributed by atoms with Gasteiger partial charge in [0.25, 0.3) is 0 Å². The summed E-state index contributed by atoms with van der Waals surface area (Å²) in [5, 5.41) is 2.93. The number of aromatic nitrogens is 3. The smallest absolute Gasteiger partial charge is 0.322 e. The number of hydrogen-bond acceptors (Lipinski definition) is 5. The summed E-state index contributed by atoms with van der Waals surface area (Å²) in [5.74, 6) is -0.120. The summed E-state index contributed by atoms with van der Waals surface area (Å²) < 4.78 is 18.8. The van der Waals surface area contributed by atoms with Gasteiger partial charge in [-0.3, -0.25) is 0 Å². The van der Waals surface area contributed by atoms with Crippen molar-refractivity contribution in [1.29, 1.82) is 0 Å². The molecule has 0 saturated carbocycles. The molecular weight excluding hydrogens is 351 g/mol. The van der Waals surface area contributed by atoms with E-state index in [1.165, 1.54) is 6.07 Å². The number of nitrogens with zero attached hydrogens (tertiary/aromatic N) is 3. The molecule has 20 heavy (non-hydrogen) atoms. The van der Waals surface area contributed by atoms with Crippen LogP contribution >= 0.6 is 27.5 Å². The fourth-order valence-corrected chi connectivity index (χ4v) is 1.88. The van der Waals surface area contributed by atoms with Crippen LogP contribution in [0.5, 0.6) is 6.01 Å². The van der Waals surface area contributed by atoms with Crippen LogP contribution in [-0.2, 0) is 0 Å². The molecule has 1 N–H and O–H groups in total. The van der Waals surface area contributed by atoms with E-state index in [0.717, 1.165) is 6.42 Å². The zero-order valence-electron chi connectivity index (χ0n) is 10.5. The van der Waals surface area contributed by atoms with Gasteiger partial charge in [-0.05, 0) is 52.2 Å². The van der Waals surface area contributed by atoms with Gasteiger partial charge in [-0.25, -0.2) is 4.39 Å². The average Bonchev–Trinajstić information content (AvgIpc) is 2.40. The predicted octanol–water partition coefficient (Wildman–Crippen LogP) is 3.96. The molecule has 0 radical (unpaired) electrons. The maximum absolute atomic E-state index is 13.1. The van der Waals surface area contributed by atoms with Gasteiger partial charge >= 0.3 is 6.01 Å². The number of benzene rings is 1. The molecule has 0 aliphatic carbocycles. The zero-order chi connectivity index (χ0) is 14.5. The third kappa shape index (κ3) is 4.01. The van der Waals surface area contributed by atoms with E-state index in [-0.39, 0.29) is 23.1 Å². The molecule has 0 aliphatic heterocycles. The van der Waals surface area contributed by atoms with Crippen molar-refractivity contribution in [1.82, 2.24) is 15.0 Å². The van der Waals surface area contributed by atoms with Gasteiger partial charge in [0, 0.05) is 5.69 Å². The van der Waals surface area contributed by atoms with Crippen molar-refractivity contribution >= 4 is 39.2 Å². The van der Waals surface area contributed by atoms with Crippen molar-refractivity contribution in [2.75, 3.05) is 11.9 Å². The lowest BCUT2D eigenvalue weighted by Gasteiger charge is -2.07. The molecular formula is C12H11BrClFN4O. The van der Waals surface area contributed by atoms with Gasteiger partial charge in [-0.15, -0.1) is 0 Å². The van der Waals surface area contributed by atoms with Crippen LogP contribution < -0.4 is 10.1 Å². The lowest BCUT2D eigenvalue weighted by molar-refractivity contribution is 0.292. The Kier molecular flexibility index (Phi) is 5.08. The molecule has 8 heteroatoms. The fraction of sp³-hybridized carbons (Fsp3) is 0.250. The van der Waals surface area contributed by atoms with Gasteiger partial charge < -0.3 is 10.1 Å². The molecule has 0 atom stereocenters. The fourth-order valence-electron chi connectivity index (χ4n) is 1.35. The van der Waals surface area contributed by atoms with Gasteiger partial charge in [0.1, 0.15) is 5.82 Å². The molecule has 0 spiro atoms. The highest BCUT2D eigenvalue weighted by Gasteiger charge is 2.07. The van der Waals surface area contributed by atoms with Gasteiger partial charge in [-0.1, -0.05) is 6.92 Å². The molecule has 2 rings (SSSR count). The van der Waals surface area contributed by atoms with Crippen LogP contribution in [0.25, 0.3) is 0 Å². The number of halogens is 3. The highest BCUT2D eigenvalue weighted by atomic mass is 79.9. The molecule has 0 unspecified atom stereocenters. The summed E-state index contributed by atoms with van der Waals surface area (Å²) >= 11 is 8.90. The highest BCUT2D eigenvalue weighted by Crippen LogP contribution is 2.22. The van der Waals surface area contributed by atoms with Crippen molar-refractivity contribution < 1.29 is 9.13 Å². The standard InChI is InChI=1S/C12H11BrClFN4O/c1-2-5-20-12-18-10(14)17-11(19-12)16-7-3-4-9(15)8(13)6-7/h3-4,6H,2,5H2,1H3,(H,16,17,18,19). The monoisotopic (exact) mass is 360 g/mol. The van der Waals surface area contributed by atoms with Crippen LogP contribution in [0.1, 0.15) is 13.3 Å². The maximum atomic E-state index is 13.1. The second-order valence-corrected chi connectivity index (χ2v) is 5.01. The molecule has 0 amide bonds. The Morgan fingerprint density at radius 1 is 1.35 bits per heavy atom. The first-order valence-corrected chi connectivity index (χ1v) is 7.02. The van der Waals surface area contributed by atoms with Gasteiger partial charge in [0.05, 0.1) is 11.1 Å². The van der Waals surface area contributed by atoms with Crippen LogP contribution in [0, 0.1) is 5.82 Å². The predicted molar refractivity (Wildman–Crippen MR) is 78.0 cm³/mol. The Hall–Kier alpha value is -1.47. The van der Waals surface area contributed by atoms with Crippen LogP contribution in [-0.4, -0.2) is 21.6 Å². The zero-order valence-corrected chi connectivity index (χ0v) is 12.9. The summed E-state index contributed by atoms with van der Waals surface area (Å²) in [6.45, 7) is 2.46. The number of anilines is 2. The van der Waals surface area contributed by atoms with Gasteiger partial charge in [0.2, 0.25) is 11.2 Å². The summed E-state index contributed by atoms with van der Waals surface area (Å²) in [6.07, 6.45) is 0.830. The quantitative estimate of drug-likeness (QED) is 0.873. The summed E-state index contributed by atoms with van der Waals surface area (Å²) in [7, 11) is 0.